The number of halogens is 6. The molecule has 0 fully saturated rings. The zero-order valence-corrected chi connectivity index (χ0v) is 10.8. The molecule has 1 aromatic heterocycles. The third kappa shape index (κ3) is 2.63. The highest BCUT2D eigenvalue weighted by Gasteiger charge is 2.30. The highest BCUT2D eigenvalue weighted by atomic mass is 19.2. The summed E-state index contributed by atoms with van der Waals surface area (Å²) in [5.74, 6) is -12.1. The molecule has 0 amide bonds. The third-order valence-corrected chi connectivity index (χ3v) is 2.68. The van der Waals surface area contributed by atoms with E-state index in [-0.39, 0.29) is 0 Å². The minimum absolute atomic E-state index is 0.588. The van der Waals surface area contributed by atoms with Gasteiger partial charge in [-0.2, -0.15) is 4.98 Å². The van der Waals surface area contributed by atoms with Crippen LogP contribution in [0.5, 0.6) is 6.01 Å². The van der Waals surface area contributed by atoms with E-state index in [1.807, 2.05) is 0 Å². The molecule has 0 spiro atoms. The molecule has 0 aliphatic heterocycles. The van der Waals surface area contributed by atoms with E-state index in [1.165, 1.54) is 0 Å². The Kier molecular flexibility index (Phi) is 4.11. The van der Waals surface area contributed by atoms with Crippen molar-refractivity contribution in [1.82, 2.24) is 9.97 Å². The standard InChI is InChI=1S/C12H7F6N3O/c1-3(22-12-20-2-4(13)11(19)21-12)5-6(14)8(16)10(18)9(17)7(5)15/h2-3H,1H3,(H2,19,20,21). The Morgan fingerprint density at radius 1 is 0.955 bits per heavy atom. The lowest BCUT2D eigenvalue weighted by molar-refractivity contribution is 0.191. The number of rotatable bonds is 3. The van der Waals surface area contributed by atoms with Crippen LogP contribution in [0.15, 0.2) is 6.20 Å². The lowest BCUT2D eigenvalue weighted by Gasteiger charge is -2.16. The average molecular weight is 323 g/mol. The molecule has 1 heterocycles. The van der Waals surface area contributed by atoms with Crippen LogP contribution in [0.3, 0.4) is 0 Å². The number of aromatic nitrogens is 2. The fraction of sp³-hybridized carbons (Fsp3) is 0.167. The minimum atomic E-state index is -2.28. The Bertz CT molecular complexity index is 710. The second-order valence-corrected chi connectivity index (χ2v) is 4.13. The number of nitrogen functional groups attached to an aromatic ring is 1. The van der Waals surface area contributed by atoms with E-state index >= 15 is 0 Å². The summed E-state index contributed by atoms with van der Waals surface area (Å²) >= 11 is 0. The van der Waals surface area contributed by atoms with Crippen molar-refractivity contribution in [2.24, 2.45) is 0 Å². The van der Waals surface area contributed by atoms with Gasteiger partial charge in [0.1, 0.15) is 6.10 Å². The van der Waals surface area contributed by atoms with Crippen LogP contribution in [0, 0.1) is 34.9 Å². The highest BCUT2D eigenvalue weighted by molar-refractivity contribution is 5.30. The Balaban J connectivity index is 2.41. The molecule has 2 aromatic rings. The van der Waals surface area contributed by atoms with Crippen LogP contribution in [0.2, 0.25) is 0 Å². The third-order valence-electron chi connectivity index (χ3n) is 2.68. The van der Waals surface area contributed by atoms with Gasteiger partial charge in [-0.15, -0.1) is 0 Å². The molecule has 1 unspecified atom stereocenters. The van der Waals surface area contributed by atoms with Gasteiger partial charge in [-0.3, -0.25) is 0 Å². The quantitative estimate of drug-likeness (QED) is 0.536. The number of anilines is 1. The number of benzene rings is 1. The van der Waals surface area contributed by atoms with Gasteiger partial charge in [0, 0.05) is 0 Å². The van der Waals surface area contributed by atoms with Gasteiger partial charge in [0.05, 0.1) is 11.8 Å². The van der Waals surface area contributed by atoms with Gasteiger partial charge in [0.25, 0.3) is 0 Å². The minimum Gasteiger partial charge on any atom is -0.455 e. The predicted molar refractivity (Wildman–Crippen MR) is 61.7 cm³/mol. The summed E-state index contributed by atoms with van der Waals surface area (Å²) in [6.45, 7) is 1.00. The second-order valence-electron chi connectivity index (χ2n) is 4.13. The van der Waals surface area contributed by atoms with E-state index in [9.17, 15) is 26.3 Å². The van der Waals surface area contributed by atoms with Crippen LogP contribution in [0.4, 0.5) is 32.2 Å². The van der Waals surface area contributed by atoms with Gasteiger partial charge >= 0.3 is 6.01 Å². The van der Waals surface area contributed by atoms with Crippen LogP contribution in [-0.4, -0.2) is 9.97 Å². The van der Waals surface area contributed by atoms with E-state index in [0.29, 0.717) is 6.20 Å². The molecule has 22 heavy (non-hydrogen) atoms. The molecule has 118 valence electrons. The molecule has 0 aliphatic carbocycles. The van der Waals surface area contributed by atoms with Crippen molar-refractivity contribution in [2.45, 2.75) is 13.0 Å². The lowest BCUT2D eigenvalue weighted by atomic mass is 10.1. The Labute approximate surface area is 119 Å². The Morgan fingerprint density at radius 3 is 1.95 bits per heavy atom. The van der Waals surface area contributed by atoms with Gasteiger partial charge in [-0.1, -0.05) is 0 Å². The zero-order valence-electron chi connectivity index (χ0n) is 10.8. The van der Waals surface area contributed by atoms with E-state index in [2.05, 4.69) is 9.97 Å². The number of nitrogens with zero attached hydrogens (tertiary/aromatic N) is 2. The number of ether oxygens (including phenoxy) is 1. The molecule has 0 saturated carbocycles. The first-order valence-corrected chi connectivity index (χ1v) is 5.70. The van der Waals surface area contributed by atoms with Crippen LogP contribution in [0.25, 0.3) is 0 Å². The first kappa shape index (κ1) is 15.9. The van der Waals surface area contributed by atoms with Crippen LogP contribution in [-0.2, 0) is 0 Å². The zero-order chi connectivity index (χ0) is 16.6. The lowest BCUT2D eigenvalue weighted by Crippen LogP contribution is -2.15. The van der Waals surface area contributed by atoms with Crippen molar-refractivity contribution >= 4 is 5.82 Å². The normalized spacial score (nSPS) is 12.3. The molecule has 0 saturated heterocycles. The highest BCUT2D eigenvalue weighted by Crippen LogP contribution is 2.29. The maximum atomic E-state index is 13.6. The number of nitrogens with two attached hydrogens (primary N) is 1. The Hall–Kier alpha value is -2.52. The monoisotopic (exact) mass is 323 g/mol. The predicted octanol–water partition coefficient (Wildman–Crippen LogP) is 3.03. The fourth-order valence-electron chi connectivity index (χ4n) is 1.62. The van der Waals surface area contributed by atoms with Crippen molar-refractivity contribution in [3.63, 3.8) is 0 Å². The van der Waals surface area contributed by atoms with Crippen molar-refractivity contribution in [1.29, 1.82) is 0 Å². The first-order chi connectivity index (χ1) is 10.2. The molecule has 4 nitrogen and oxygen atoms in total. The van der Waals surface area contributed by atoms with E-state index in [4.69, 9.17) is 10.5 Å². The first-order valence-electron chi connectivity index (χ1n) is 5.70. The number of hydrogen-bond donors (Lipinski definition) is 1. The van der Waals surface area contributed by atoms with Gasteiger partial charge in [0.15, 0.2) is 34.9 Å². The van der Waals surface area contributed by atoms with E-state index in [0.717, 1.165) is 6.92 Å². The summed E-state index contributed by atoms with van der Waals surface area (Å²) in [4.78, 5) is 6.65. The molecule has 0 bridgehead atoms. The molecule has 2 N–H and O–H groups in total. The van der Waals surface area contributed by atoms with Crippen molar-refractivity contribution in [3.8, 4) is 6.01 Å². The van der Waals surface area contributed by atoms with Gasteiger partial charge in [0.2, 0.25) is 5.82 Å². The largest absolute Gasteiger partial charge is 0.455 e. The molecular formula is C12H7F6N3O. The summed E-state index contributed by atoms with van der Waals surface area (Å²) in [6.07, 6.45) is -1.02. The molecule has 1 aromatic carbocycles. The van der Waals surface area contributed by atoms with Gasteiger partial charge in [-0.05, 0) is 6.92 Å². The van der Waals surface area contributed by atoms with Crippen molar-refractivity contribution in [3.05, 3.63) is 46.7 Å². The maximum absolute atomic E-state index is 13.6. The van der Waals surface area contributed by atoms with Crippen molar-refractivity contribution in [2.75, 3.05) is 5.73 Å². The molecule has 0 radical (unpaired) electrons. The summed E-state index contributed by atoms with van der Waals surface area (Å²) in [7, 11) is 0. The summed E-state index contributed by atoms with van der Waals surface area (Å²) in [5.41, 5.74) is 3.93. The van der Waals surface area contributed by atoms with Crippen LogP contribution in [0.1, 0.15) is 18.6 Å². The second kappa shape index (κ2) is 5.70. The molecule has 10 heteroatoms. The molecule has 1 atom stereocenters. The molecule has 0 aliphatic rings. The summed E-state index contributed by atoms with van der Waals surface area (Å²) in [6, 6.07) is -0.588. The SMILES string of the molecule is CC(Oc1ncc(F)c(N)n1)c1c(F)c(F)c(F)c(F)c1F. The maximum Gasteiger partial charge on any atom is 0.319 e. The van der Waals surface area contributed by atoms with Gasteiger partial charge in [-0.25, -0.2) is 31.3 Å². The van der Waals surface area contributed by atoms with Crippen LogP contribution < -0.4 is 10.5 Å². The summed E-state index contributed by atoms with van der Waals surface area (Å²) < 4.78 is 84.0. The topological polar surface area (TPSA) is 61.0 Å². The average Bonchev–Trinajstić information content (AvgIpc) is 2.47. The summed E-state index contributed by atoms with van der Waals surface area (Å²) in [5, 5.41) is 0. The van der Waals surface area contributed by atoms with E-state index < -0.39 is 58.4 Å². The fourth-order valence-corrected chi connectivity index (χ4v) is 1.62. The van der Waals surface area contributed by atoms with E-state index in [1.54, 1.807) is 0 Å². The van der Waals surface area contributed by atoms with Crippen molar-refractivity contribution < 1.29 is 31.1 Å². The van der Waals surface area contributed by atoms with Gasteiger partial charge < -0.3 is 10.5 Å². The smallest absolute Gasteiger partial charge is 0.319 e. The Morgan fingerprint density at radius 2 is 1.45 bits per heavy atom. The van der Waals surface area contributed by atoms with Crippen LogP contribution >= 0.6 is 0 Å². The molecular weight excluding hydrogens is 316 g/mol. The number of hydrogen-bond acceptors (Lipinski definition) is 4. The molecule has 2 rings (SSSR count).